The molecule has 1 aromatic carbocycles. The fourth-order valence-corrected chi connectivity index (χ4v) is 1.22. The van der Waals surface area contributed by atoms with Crippen molar-refractivity contribution in [3.63, 3.8) is 0 Å². The second kappa shape index (κ2) is 5.94. The highest BCUT2D eigenvalue weighted by Crippen LogP contribution is 2.33. The quantitative estimate of drug-likeness (QED) is 0.193. The van der Waals surface area contributed by atoms with Crippen molar-refractivity contribution in [1.29, 1.82) is 0 Å². The van der Waals surface area contributed by atoms with Crippen LogP contribution >= 0.6 is 0 Å². The molecular formula is C11H7F4N3. The predicted octanol–water partition coefficient (Wildman–Crippen LogP) is 3.90. The molecule has 94 valence electrons. The van der Waals surface area contributed by atoms with Crippen molar-refractivity contribution in [3.05, 3.63) is 45.6 Å². The Balaban J connectivity index is 3.02. The van der Waals surface area contributed by atoms with Crippen LogP contribution in [0.1, 0.15) is 17.5 Å². The third kappa shape index (κ3) is 3.68. The number of alkyl halides is 3. The summed E-state index contributed by atoms with van der Waals surface area (Å²) in [5, 5.41) is 3.17. The van der Waals surface area contributed by atoms with Crippen molar-refractivity contribution in [2.75, 3.05) is 6.54 Å². The van der Waals surface area contributed by atoms with Gasteiger partial charge in [-0.15, -0.1) is 0 Å². The van der Waals surface area contributed by atoms with Gasteiger partial charge in [0.1, 0.15) is 11.4 Å². The van der Waals surface area contributed by atoms with Crippen LogP contribution in [-0.4, -0.2) is 6.54 Å². The van der Waals surface area contributed by atoms with Crippen molar-refractivity contribution in [3.8, 4) is 11.8 Å². The van der Waals surface area contributed by atoms with E-state index in [0.29, 0.717) is 0 Å². The molecule has 1 aromatic rings. The number of halogens is 4. The third-order valence-electron chi connectivity index (χ3n) is 1.92. The molecule has 0 spiro atoms. The summed E-state index contributed by atoms with van der Waals surface area (Å²) in [5.74, 6) is 3.26. The minimum Gasteiger partial charge on any atom is -0.206 e. The zero-order valence-electron chi connectivity index (χ0n) is 9.00. The lowest BCUT2D eigenvalue weighted by atomic mass is 10.1. The predicted molar refractivity (Wildman–Crippen MR) is 56.9 cm³/mol. The van der Waals surface area contributed by atoms with E-state index < -0.39 is 23.1 Å². The Morgan fingerprint density at radius 1 is 1.33 bits per heavy atom. The first-order valence-corrected chi connectivity index (χ1v) is 4.82. The molecular weight excluding hydrogens is 250 g/mol. The molecule has 18 heavy (non-hydrogen) atoms. The fraction of sp³-hybridized carbons (Fsp3) is 0.273. The smallest absolute Gasteiger partial charge is 0.206 e. The molecule has 0 N–H and O–H groups in total. The number of nitrogens with zero attached hydrogens (tertiary/aromatic N) is 3. The molecule has 1 rings (SSSR count). The number of benzene rings is 1. The highest BCUT2D eigenvalue weighted by atomic mass is 19.4. The van der Waals surface area contributed by atoms with E-state index in [1.807, 2.05) is 0 Å². The molecule has 0 atom stereocenters. The molecule has 0 aromatic heterocycles. The number of hydrogen-bond acceptors (Lipinski definition) is 1. The molecule has 0 aliphatic carbocycles. The van der Waals surface area contributed by atoms with Gasteiger partial charge < -0.3 is 0 Å². The Morgan fingerprint density at radius 3 is 2.67 bits per heavy atom. The minimum atomic E-state index is -4.79. The summed E-state index contributed by atoms with van der Waals surface area (Å²) in [5.41, 5.74) is 6.18. The number of rotatable bonds is 2. The van der Waals surface area contributed by atoms with Crippen molar-refractivity contribution in [1.82, 2.24) is 0 Å². The van der Waals surface area contributed by atoms with Crippen LogP contribution in [-0.2, 0) is 6.18 Å². The van der Waals surface area contributed by atoms with Gasteiger partial charge in [-0.3, -0.25) is 0 Å². The fourth-order valence-electron chi connectivity index (χ4n) is 1.22. The third-order valence-corrected chi connectivity index (χ3v) is 1.92. The van der Waals surface area contributed by atoms with Crippen LogP contribution < -0.4 is 0 Å². The Labute approximate surface area is 100 Å². The number of hydrogen-bond donors (Lipinski definition) is 0. The van der Waals surface area contributed by atoms with Gasteiger partial charge in [0.15, 0.2) is 0 Å². The first-order chi connectivity index (χ1) is 8.46. The summed E-state index contributed by atoms with van der Waals surface area (Å²) in [6.45, 7) is 0.0557. The van der Waals surface area contributed by atoms with E-state index in [9.17, 15) is 17.6 Å². The van der Waals surface area contributed by atoms with Crippen LogP contribution in [0.15, 0.2) is 23.3 Å². The molecule has 0 fully saturated rings. The van der Waals surface area contributed by atoms with Crippen molar-refractivity contribution < 1.29 is 17.6 Å². The monoisotopic (exact) mass is 257 g/mol. The Morgan fingerprint density at radius 2 is 2.06 bits per heavy atom. The van der Waals surface area contributed by atoms with Crippen LogP contribution in [0.4, 0.5) is 17.6 Å². The Bertz CT molecular complexity index is 533. The van der Waals surface area contributed by atoms with E-state index in [2.05, 4.69) is 21.9 Å². The van der Waals surface area contributed by atoms with Gasteiger partial charge in [-0.1, -0.05) is 23.0 Å². The Kier molecular flexibility index (Phi) is 4.58. The second-order valence-corrected chi connectivity index (χ2v) is 3.17. The summed E-state index contributed by atoms with van der Waals surface area (Å²) in [6, 6.07) is 2.97. The van der Waals surface area contributed by atoms with Gasteiger partial charge >= 0.3 is 6.18 Å². The van der Waals surface area contributed by atoms with Gasteiger partial charge in [-0.05, 0) is 17.7 Å². The summed E-state index contributed by atoms with van der Waals surface area (Å²) >= 11 is 0. The molecule has 0 saturated heterocycles. The number of azide groups is 1. The summed E-state index contributed by atoms with van der Waals surface area (Å²) in [4.78, 5) is 2.47. The van der Waals surface area contributed by atoms with Gasteiger partial charge in [-0.25, -0.2) is 4.39 Å². The van der Waals surface area contributed by atoms with Crippen LogP contribution in [0.5, 0.6) is 0 Å². The lowest BCUT2D eigenvalue weighted by molar-refractivity contribution is -0.140. The Hall–Kier alpha value is -2.19. The van der Waals surface area contributed by atoms with Gasteiger partial charge in [0, 0.05) is 23.4 Å². The maximum absolute atomic E-state index is 13.1. The average molecular weight is 257 g/mol. The van der Waals surface area contributed by atoms with Gasteiger partial charge in [-0.2, -0.15) is 13.2 Å². The molecule has 0 heterocycles. The van der Waals surface area contributed by atoms with Gasteiger partial charge in [0.2, 0.25) is 0 Å². The molecule has 7 heteroatoms. The standard InChI is InChI=1S/C11H7F4N3/c12-9-6-3-5-8(10(9)11(13,14)15)4-1-2-7-17-18-16/h3,5-6H,2,7H2. The second-order valence-electron chi connectivity index (χ2n) is 3.17. The normalized spacial score (nSPS) is 10.2. The zero-order chi connectivity index (χ0) is 13.6. The summed E-state index contributed by atoms with van der Waals surface area (Å²) in [6.07, 6.45) is -4.68. The molecule has 0 unspecified atom stereocenters. The average Bonchev–Trinajstić information content (AvgIpc) is 2.27. The van der Waals surface area contributed by atoms with Crippen LogP contribution in [0.2, 0.25) is 0 Å². The molecule has 3 nitrogen and oxygen atoms in total. The minimum absolute atomic E-state index is 0.0557. The molecule has 0 bridgehead atoms. The van der Waals surface area contributed by atoms with Gasteiger partial charge in [0.25, 0.3) is 0 Å². The van der Waals surface area contributed by atoms with E-state index in [1.165, 1.54) is 0 Å². The van der Waals surface area contributed by atoms with Crippen molar-refractivity contribution >= 4 is 0 Å². The highest BCUT2D eigenvalue weighted by molar-refractivity contribution is 5.43. The highest BCUT2D eigenvalue weighted by Gasteiger charge is 2.36. The van der Waals surface area contributed by atoms with Gasteiger partial charge in [0.05, 0.1) is 0 Å². The van der Waals surface area contributed by atoms with Crippen LogP contribution in [0.3, 0.4) is 0 Å². The zero-order valence-corrected chi connectivity index (χ0v) is 9.00. The van der Waals surface area contributed by atoms with Crippen LogP contribution in [0.25, 0.3) is 10.4 Å². The van der Waals surface area contributed by atoms with Crippen molar-refractivity contribution in [2.24, 2.45) is 5.11 Å². The lowest BCUT2D eigenvalue weighted by Crippen LogP contribution is -2.10. The van der Waals surface area contributed by atoms with E-state index in [0.717, 1.165) is 18.2 Å². The van der Waals surface area contributed by atoms with E-state index in [1.54, 1.807) is 0 Å². The first-order valence-electron chi connectivity index (χ1n) is 4.82. The van der Waals surface area contributed by atoms with E-state index >= 15 is 0 Å². The summed E-state index contributed by atoms with van der Waals surface area (Å²) < 4.78 is 50.8. The molecule has 0 saturated carbocycles. The van der Waals surface area contributed by atoms with Crippen molar-refractivity contribution in [2.45, 2.75) is 12.6 Å². The summed E-state index contributed by atoms with van der Waals surface area (Å²) in [7, 11) is 0. The molecule has 0 radical (unpaired) electrons. The maximum Gasteiger partial charge on any atom is 0.420 e. The maximum atomic E-state index is 13.1. The first kappa shape index (κ1) is 13.9. The van der Waals surface area contributed by atoms with Crippen LogP contribution in [0, 0.1) is 17.7 Å². The van der Waals surface area contributed by atoms with E-state index in [-0.39, 0.29) is 13.0 Å². The molecule has 0 aliphatic rings. The molecule has 0 aliphatic heterocycles. The van der Waals surface area contributed by atoms with E-state index in [4.69, 9.17) is 5.53 Å². The topological polar surface area (TPSA) is 48.8 Å². The largest absolute Gasteiger partial charge is 0.420 e. The SMILES string of the molecule is [N-]=[N+]=NCCC#Cc1cccc(F)c1C(F)(F)F. The molecule has 0 amide bonds. The lowest BCUT2D eigenvalue weighted by Gasteiger charge is -2.09.